The quantitative estimate of drug-likeness (QED) is 0.832. The molecule has 5 heteroatoms. The van der Waals surface area contributed by atoms with E-state index in [2.05, 4.69) is 0 Å². The monoisotopic (exact) mass is 347 g/mol. The van der Waals surface area contributed by atoms with Gasteiger partial charge in [0.05, 0.1) is 17.5 Å². The average molecular weight is 348 g/mol. The molecule has 1 aliphatic rings. The van der Waals surface area contributed by atoms with Crippen molar-refractivity contribution in [3.63, 3.8) is 0 Å². The maximum absolute atomic E-state index is 13.1. The minimum absolute atomic E-state index is 0.206. The minimum Gasteiger partial charge on any atom is -0.207 e. The van der Waals surface area contributed by atoms with Gasteiger partial charge in [-0.15, -0.1) is 0 Å². The lowest BCUT2D eigenvalue weighted by molar-refractivity contribution is 0.336. The minimum atomic E-state index is -3.60. The van der Waals surface area contributed by atoms with E-state index in [0.717, 1.165) is 11.1 Å². The fourth-order valence-electron chi connectivity index (χ4n) is 2.76. The molecule has 0 fully saturated rings. The molecule has 0 saturated heterocycles. The molecule has 0 spiro atoms. The molecule has 23 heavy (non-hydrogen) atoms. The fourth-order valence-corrected chi connectivity index (χ4v) is 4.65. The summed E-state index contributed by atoms with van der Waals surface area (Å²) in [5.74, 6) is 0. The third-order valence-electron chi connectivity index (χ3n) is 4.03. The van der Waals surface area contributed by atoms with E-state index in [4.69, 9.17) is 11.6 Å². The van der Waals surface area contributed by atoms with Gasteiger partial charge in [0.1, 0.15) is 0 Å². The zero-order valence-corrected chi connectivity index (χ0v) is 14.4. The van der Waals surface area contributed by atoms with E-state index in [0.29, 0.717) is 16.3 Å². The van der Waals surface area contributed by atoms with Crippen molar-refractivity contribution in [1.29, 1.82) is 0 Å². The first-order chi connectivity index (χ1) is 11.0. The van der Waals surface area contributed by atoms with Crippen LogP contribution in [-0.2, 0) is 10.0 Å². The van der Waals surface area contributed by atoms with Gasteiger partial charge in [-0.1, -0.05) is 65.7 Å². The first kappa shape index (κ1) is 16.2. The Morgan fingerprint density at radius 2 is 1.70 bits per heavy atom. The molecule has 2 aromatic rings. The van der Waals surface area contributed by atoms with Crippen LogP contribution in [0.4, 0.5) is 0 Å². The van der Waals surface area contributed by atoms with E-state index in [-0.39, 0.29) is 12.6 Å². The van der Waals surface area contributed by atoms with E-state index in [1.807, 2.05) is 55.5 Å². The number of halogens is 1. The van der Waals surface area contributed by atoms with Gasteiger partial charge in [-0.3, -0.25) is 0 Å². The Labute approximate surface area is 142 Å². The zero-order valence-electron chi connectivity index (χ0n) is 12.8. The lowest BCUT2D eigenvalue weighted by atomic mass is 10.0. The van der Waals surface area contributed by atoms with Crippen molar-refractivity contribution in [2.75, 3.05) is 6.54 Å². The molecule has 3 nitrogen and oxygen atoms in total. The standard InChI is InChI=1S/C18H18ClNO2S/c1-14-7-10-17(11-8-14)23(21,22)20-13-16(19)9-12-18(20)15-5-3-2-4-6-15/h2-11,18H,12-13H2,1H3. The van der Waals surface area contributed by atoms with Crippen molar-refractivity contribution in [2.45, 2.75) is 24.3 Å². The van der Waals surface area contributed by atoms with Crippen molar-refractivity contribution < 1.29 is 8.42 Å². The van der Waals surface area contributed by atoms with E-state index in [9.17, 15) is 8.42 Å². The number of hydrogen-bond acceptors (Lipinski definition) is 2. The Morgan fingerprint density at radius 1 is 1.04 bits per heavy atom. The number of rotatable bonds is 3. The normalized spacial score (nSPS) is 19.4. The maximum atomic E-state index is 13.1. The van der Waals surface area contributed by atoms with Crippen molar-refractivity contribution in [2.24, 2.45) is 0 Å². The number of hydrogen-bond donors (Lipinski definition) is 0. The highest BCUT2D eigenvalue weighted by molar-refractivity contribution is 7.89. The molecule has 0 saturated carbocycles. The third kappa shape index (κ3) is 3.34. The molecule has 3 rings (SSSR count). The van der Waals surface area contributed by atoms with Crippen LogP contribution in [0.3, 0.4) is 0 Å². The second-order valence-corrected chi connectivity index (χ2v) is 8.05. The molecule has 1 atom stereocenters. The summed E-state index contributed by atoms with van der Waals surface area (Å²) in [4.78, 5) is 0.301. The second-order valence-electron chi connectivity index (χ2n) is 5.68. The topological polar surface area (TPSA) is 37.4 Å². The molecular formula is C18H18ClNO2S. The van der Waals surface area contributed by atoms with E-state index in [1.54, 1.807) is 12.1 Å². The summed E-state index contributed by atoms with van der Waals surface area (Å²) < 4.78 is 27.6. The van der Waals surface area contributed by atoms with Crippen molar-refractivity contribution >= 4 is 21.6 Å². The number of sulfonamides is 1. The molecule has 2 aromatic carbocycles. The molecule has 1 unspecified atom stereocenters. The van der Waals surface area contributed by atoms with Crippen molar-refractivity contribution in [1.82, 2.24) is 4.31 Å². The predicted molar refractivity (Wildman–Crippen MR) is 92.8 cm³/mol. The number of benzene rings is 2. The molecular weight excluding hydrogens is 330 g/mol. The summed E-state index contributed by atoms with van der Waals surface area (Å²) in [5, 5.41) is 0.563. The first-order valence-electron chi connectivity index (χ1n) is 7.46. The average Bonchev–Trinajstić information content (AvgIpc) is 2.56. The Kier molecular flexibility index (Phi) is 4.57. The van der Waals surface area contributed by atoms with Crippen LogP contribution in [0, 0.1) is 6.92 Å². The van der Waals surface area contributed by atoms with Gasteiger partial charge >= 0.3 is 0 Å². The van der Waals surface area contributed by atoms with Crippen molar-refractivity contribution in [3.8, 4) is 0 Å². The van der Waals surface area contributed by atoms with E-state index >= 15 is 0 Å². The van der Waals surface area contributed by atoms with Crippen LogP contribution in [0.15, 0.2) is 70.6 Å². The highest BCUT2D eigenvalue weighted by Gasteiger charge is 2.34. The van der Waals surface area contributed by atoms with Gasteiger partial charge in [0.15, 0.2) is 0 Å². The first-order valence-corrected chi connectivity index (χ1v) is 9.28. The van der Waals surface area contributed by atoms with Crippen LogP contribution in [0.1, 0.15) is 23.6 Å². The van der Waals surface area contributed by atoms with Crippen LogP contribution in [0.5, 0.6) is 0 Å². The number of nitrogens with zero attached hydrogens (tertiary/aromatic N) is 1. The molecule has 0 N–H and O–H groups in total. The van der Waals surface area contributed by atoms with Crippen molar-refractivity contribution in [3.05, 3.63) is 76.8 Å². The van der Waals surface area contributed by atoms with E-state index in [1.165, 1.54) is 4.31 Å². The summed E-state index contributed by atoms with van der Waals surface area (Å²) in [6.45, 7) is 2.14. The predicted octanol–water partition coefficient (Wildman–Crippen LogP) is 4.25. The lowest BCUT2D eigenvalue weighted by Crippen LogP contribution is -2.37. The van der Waals surface area contributed by atoms with Crippen LogP contribution < -0.4 is 0 Å². The Hall–Kier alpha value is -1.62. The van der Waals surface area contributed by atoms with Crippen LogP contribution >= 0.6 is 11.6 Å². The SMILES string of the molecule is Cc1ccc(S(=O)(=O)N2CC(Cl)=CCC2c2ccccc2)cc1. The highest BCUT2D eigenvalue weighted by Crippen LogP contribution is 2.35. The van der Waals surface area contributed by atoms with Gasteiger partial charge < -0.3 is 0 Å². The van der Waals surface area contributed by atoms with Gasteiger partial charge in [0, 0.05) is 5.03 Å². The molecule has 0 aliphatic carbocycles. The Bertz CT molecular complexity index is 814. The summed E-state index contributed by atoms with van der Waals surface area (Å²) >= 11 is 6.14. The van der Waals surface area contributed by atoms with Gasteiger partial charge in [0.25, 0.3) is 0 Å². The summed E-state index contributed by atoms with van der Waals surface area (Å²) in [6.07, 6.45) is 2.48. The van der Waals surface area contributed by atoms with Gasteiger partial charge in [-0.2, -0.15) is 4.31 Å². The molecule has 0 radical (unpaired) electrons. The van der Waals surface area contributed by atoms with Crippen LogP contribution in [0.25, 0.3) is 0 Å². The lowest BCUT2D eigenvalue weighted by Gasteiger charge is -2.33. The van der Waals surface area contributed by atoms with Gasteiger partial charge in [-0.05, 0) is 31.0 Å². The van der Waals surface area contributed by atoms with Gasteiger partial charge in [0.2, 0.25) is 10.0 Å². The molecule has 1 aliphatic heterocycles. The van der Waals surface area contributed by atoms with E-state index < -0.39 is 10.0 Å². The molecule has 0 aromatic heterocycles. The smallest absolute Gasteiger partial charge is 0.207 e. The summed E-state index contributed by atoms with van der Waals surface area (Å²) in [7, 11) is -3.60. The van der Waals surface area contributed by atoms with Gasteiger partial charge in [-0.25, -0.2) is 8.42 Å². The fraction of sp³-hybridized carbons (Fsp3) is 0.222. The van der Waals surface area contributed by atoms with Crippen LogP contribution in [0.2, 0.25) is 0 Å². The molecule has 120 valence electrons. The molecule has 0 amide bonds. The molecule has 1 heterocycles. The number of aryl methyl sites for hydroxylation is 1. The Morgan fingerprint density at radius 3 is 2.35 bits per heavy atom. The van der Waals surface area contributed by atoms with Crippen LogP contribution in [-0.4, -0.2) is 19.3 Å². The largest absolute Gasteiger partial charge is 0.243 e. The third-order valence-corrected chi connectivity index (χ3v) is 6.17. The summed E-state index contributed by atoms with van der Waals surface area (Å²) in [6, 6.07) is 16.4. The second kappa shape index (κ2) is 6.48. The maximum Gasteiger partial charge on any atom is 0.243 e. The zero-order chi connectivity index (χ0) is 16.4. The molecule has 0 bridgehead atoms. The summed E-state index contributed by atoms with van der Waals surface area (Å²) in [5.41, 5.74) is 2.00. The Balaban J connectivity index is 2.03. The highest BCUT2D eigenvalue weighted by atomic mass is 35.5.